The van der Waals surface area contributed by atoms with Crippen molar-refractivity contribution in [3.05, 3.63) is 66.2 Å². The van der Waals surface area contributed by atoms with Gasteiger partial charge in [0.25, 0.3) is 10.0 Å². The summed E-state index contributed by atoms with van der Waals surface area (Å²) in [5.41, 5.74) is 1.24. The second kappa shape index (κ2) is 7.28. The number of benzene rings is 3. The van der Waals surface area contributed by atoms with Crippen LogP contribution < -0.4 is 9.62 Å². The smallest absolute Gasteiger partial charge is 0.339 e. The molecule has 0 saturated heterocycles. The van der Waals surface area contributed by atoms with Crippen LogP contribution in [0.4, 0.5) is 11.4 Å². The summed E-state index contributed by atoms with van der Waals surface area (Å²) in [5.74, 6) is -0.610. The minimum absolute atomic E-state index is 0.142. The van der Waals surface area contributed by atoms with E-state index in [1.165, 1.54) is 19.2 Å². The summed E-state index contributed by atoms with van der Waals surface area (Å²) in [5, 5.41) is 1.43. The van der Waals surface area contributed by atoms with Crippen LogP contribution in [0.1, 0.15) is 10.4 Å². The van der Waals surface area contributed by atoms with E-state index in [0.717, 1.165) is 11.1 Å². The van der Waals surface area contributed by atoms with Crippen LogP contribution in [0.15, 0.2) is 65.6 Å². The van der Waals surface area contributed by atoms with E-state index >= 15 is 0 Å². The standard InChI is InChI=1S/C20H20N2O4S/c1-22(2)18-12-6-10-15-14(18)9-7-13-19(15)27(24,25)21-17-11-5-4-8-16(17)20(23)26-3/h4-13,21H,1-3H3. The van der Waals surface area contributed by atoms with Gasteiger partial charge in [0.05, 0.1) is 23.3 Å². The summed E-state index contributed by atoms with van der Waals surface area (Å²) >= 11 is 0. The molecule has 140 valence electrons. The number of methoxy groups -OCH3 is 1. The molecule has 0 radical (unpaired) electrons. The van der Waals surface area contributed by atoms with Gasteiger partial charge in [-0.1, -0.05) is 36.4 Å². The zero-order chi connectivity index (χ0) is 19.6. The summed E-state index contributed by atoms with van der Waals surface area (Å²) < 4.78 is 33.4. The Kier molecular flexibility index (Phi) is 5.05. The molecule has 1 N–H and O–H groups in total. The number of nitrogens with zero attached hydrogens (tertiary/aromatic N) is 1. The molecule has 0 fully saturated rings. The topological polar surface area (TPSA) is 75.7 Å². The van der Waals surface area contributed by atoms with Gasteiger partial charge in [0.2, 0.25) is 0 Å². The highest BCUT2D eigenvalue weighted by Gasteiger charge is 2.21. The van der Waals surface area contributed by atoms with E-state index < -0.39 is 16.0 Å². The number of para-hydroxylation sites is 1. The normalized spacial score (nSPS) is 11.2. The van der Waals surface area contributed by atoms with Gasteiger partial charge in [-0.2, -0.15) is 0 Å². The third kappa shape index (κ3) is 3.59. The fraction of sp³-hybridized carbons (Fsp3) is 0.150. The van der Waals surface area contributed by atoms with Crippen LogP contribution in [0.5, 0.6) is 0 Å². The van der Waals surface area contributed by atoms with E-state index in [4.69, 9.17) is 4.74 Å². The number of hydrogen-bond acceptors (Lipinski definition) is 5. The highest BCUT2D eigenvalue weighted by atomic mass is 32.2. The van der Waals surface area contributed by atoms with Crippen molar-refractivity contribution in [2.24, 2.45) is 0 Å². The number of carbonyl (C=O) groups is 1. The minimum atomic E-state index is -3.92. The third-order valence-electron chi connectivity index (χ3n) is 4.21. The van der Waals surface area contributed by atoms with E-state index in [2.05, 4.69) is 4.72 Å². The second-order valence-corrected chi connectivity index (χ2v) is 7.82. The molecule has 3 rings (SSSR count). The molecule has 0 spiro atoms. The number of carbonyl (C=O) groups excluding carboxylic acids is 1. The van der Waals surface area contributed by atoms with Gasteiger partial charge in [0, 0.05) is 30.6 Å². The van der Waals surface area contributed by atoms with Crippen LogP contribution in [0.3, 0.4) is 0 Å². The molecule has 0 atom stereocenters. The quantitative estimate of drug-likeness (QED) is 0.682. The molecule has 27 heavy (non-hydrogen) atoms. The molecule has 3 aromatic rings. The highest BCUT2D eigenvalue weighted by Crippen LogP contribution is 2.31. The van der Waals surface area contributed by atoms with Crippen molar-refractivity contribution in [3.63, 3.8) is 0 Å². The monoisotopic (exact) mass is 384 g/mol. The maximum absolute atomic E-state index is 13.1. The van der Waals surface area contributed by atoms with E-state index in [9.17, 15) is 13.2 Å². The van der Waals surface area contributed by atoms with E-state index in [1.807, 2.05) is 37.2 Å². The maximum Gasteiger partial charge on any atom is 0.339 e. The molecule has 0 aromatic heterocycles. The number of nitrogens with one attached hydrogen (secondary N) is 1. The van der Waals surface area contributed by atoms with Crippen LogP contribution in [-0.2, 0) is 14.8 Å². The summed E-state index contributed by atoms with van der Waals surface area (Å²) in [6, 6.07) is 17.0. The lowest BCUT2D eigenvalue weighted by Crippen LogP contribution is -2.16. The number of fused-ring (bicyclic) bond motifs is 1. The Balaban J connectivity index is 2.12. The van der Waals surface area contributed by atoms with Crippen LogP contribution in [0.2, 0.25) is 0 Å². The van der Waals surface area contributed by atoms with E-state index in [1.54, 1.807) is 30.3 Å². The predicted molar refractivity (Wildman–Crippen MR) is 107 cm³/mol. The average Bonchev–Trinajstić information content (AvgIpc) is 2.66. The van der Waals surface area contributed by atoms with Crippen LogP contribution >= 0.6 is 0 Å². The van der Waals surface area contributed by atoms with Crippen molar-refractivity contribution in [3.8, 4) is 0 Å². The molecular weight excluding hydrogens is 364 g/mol. The highest BCUT2D eigenvalue weighted by molar-refractivity contribution is 7.93. The van der Waals surface area contributed by atoms with Gasteiger partial charge in [-0.25, -0.2) is 13.2 Å². The van der Waals surface area contributed by atoms with Crippen molar-refractivity contribution in [1.82, 2.24) is 0 Å². The third-order valence-corrected chi connectivity index (χ3v) is 5.63. The zero-order valence-corrected chi connectivity index (χ0v) is 16.1. The summed E-state index contributed by atoms with van der Waals surface area (Å²) in [7, 11) is 1.14. The molecule has 0 bridgehead atoms. The largest absolute Gasteiger partial charge is 0.465 e. The number of sulfonamides is 1. The Morgan fingerprint density at radius 2 is 1.59 bits per heavy atom. The summed E-state index contributed by atoms with van der Waals surface area (Å²) in [4.78, 5) is 14.0. The van der Waals surface area contributed by atoms with Crippen LogP contribution in [-0.4, -0.2) is 35.6 Å². The molecule has 0 heterocycles. The Morgan fingerprint density at radius 3 is 2.30 bits per heavy atom. The van der Waals surface area contributed by atoms with Gasteiger partial charge in [-0.05, 0) is 24.3 Å². The molecular formula is C20H20N2O4S. The Morgan fingerprint density at radius 1 is 0.926 bits per heavy atom. The van der Waals surface area contributed by atoms with Gasteiger partial charge in [0.15, 0.2) is 0 Å². The van der Waals surface area contributed by atoms with Gasteiger partial charge in [0.1, 0.15) is 0 Å². The van der Waals surface area contributed by atoms with Crippen molar-refractivity contribution >= 4 is 38.1 Å². The Bertz CT molecular complexity index is 1110. The number of esters is 1. The second-order valence-electron chi connectivity index (χ2n) is 6.17. The lowest BCUT2D eigenvalue weighted by atomic mass is 10.1. The van der Waals surface area contributed by atoms with Crippen molar-refractivity contribution in [1.29, 1.82) is 0 Å². The van der Waals surface area contributed by atoms with Gasteiger partial charge >= 0.3 is 5.97 Å². The first-order chi connectivity index (χ1) is 12.8. The summed E-state index contributed by atoms with van der Waals surface area (Å²) in [6.45, 7) is 0. The lowest BCUT2D eigenvalue weighted by molar-refractivity contribution is 0.0602. The van der Waals surface area contributed by atoms with Crippen LogP contribution in [0, 0.1) is 0 Å². The van der Waals surface area contributed by atoms with Crippen LogP contribution in [0.25, 0.3) is 10.8 Å². The van der Waals surface area contributed by atoms with Crippen molar-refractivity contribution < 1.29 is 17.9 Å². The first-order valence-corrected chi connectivity index (χ1v) is 9.72. The molecule has 0 unspecified atom stereocenters. The molecule has 3 aromatic carbocycles. The number of hydrogen-bond donors (Lipinski definition) is 1. The van der Waals surface area contributed by atoms with Crippen molar-refractivity contribution in [2.75, 3.05) is 30.8 Å². The Labute approximate surface area is 158 Å². The fourth-order valence-corrected chi connectivity index (χ4v) is 4.25. The van der Waals surface area contributed by atoms with Crippen molar-refractivity contribution in [2.45, 2.75) is 4.90 Å². The average molecular weight is 384 g/mol. The molecule has 0 saturated carbocycles. The first-order valence-electron chi connectivity index (χ1n) is 8.24. The molecule has 0 aliphatic carbocycles. The van der Waals surface area contributed by atoms with Gasteiger partial charge < -0.3 is 9.64 Å². The first kappa shape index (κ1) is 18.7. The fourth-order valence-electron chi connectivity index (χ4n) is 2.95. The van der Waals surface area contributed by atoms with E-state index in [0.29, 0.717) is 5.39 Å². The van der Waals surface area contributed by atoms with Gasteiger partial charge in [-0.15, -0.1) is 0 Å². The Hall–Kier alpha value is -3.06. The molecule has 0 aliphatic rings. The molecule has 0 aliphatic heterocycles. The summed E-state index contributed by atoms with van der Waals surface area (Å²) in [6.07, 6.45) is 0. The number of ether oxygens (including phenoxy) is 1. The minimum Gasteiger partial charge on any atom is -0.465 e. The molecule has 6 nitrogen and oxygen atoms in total. The predicted octanol–water partition coefficient (Wildman–Crippen LogP) is 3.49. The number of rotatable bonds is 5. The van der Waals surface area contributed by atoms with E-state index in [-0.39, 0.29) is 16.1 Å². The van der Waals surface area contributed by atoms with Gasteiger partial charge in [-0.3, -0.25) is 4.72 Å². The number of anilines is 2. The molecule has 0 amide bonds. The zero-order valence-electron chi connectivity index (χ0n) is 15.3. The maximum atomic E-state index is 13.1. The molecule has 7 heteroatoms. The lowest BCUT2D eigenvalue weighted by Gasteiger charge is -2.17. The SMILES string of the molecule is COC(=O)c1ccccc1NS(=O)(=O)c1cccc2c(N(C)C)cccc12.